The van der Waals surface area contributed by atoms with Crippen molar-refractivity contribution in [2.24, 2.45) is 4.99 Å². The van der Waals surface area contributed by atoms with E-state index < -0.39 is 0 Å². The van der Waals surface area contributed by atoms with Crippen molar-refractivity contribution < 1.29 is 4.79 Å². The van der Waals surface area contributed by atoms with Crippen molar-refractivity contribution in [3.63, 3.8) is 0 Å². The molecule has 3 nitrogen and oxygen atoms in total. The van der Waals surface area contributed by atoms with E-state index >= 15 is 0 Å². The molecule has 21 heavy (non-hydrogen) atoms. The molecule has 0 saturated heterocycles. The van der Waals surface area contributed by atoms with E-state index in [4.69, 9.17) is 0 Å². The zero-order valence-electron chi connectivity index (χ0n) is 13.1. The number of carbonyl (C=O) groups is 1. The molecule has 0 bridgehead atoms. The molecule has 2 rings (SSSR count). The van der Waals surface area contributed by atoms with E-state index in [0.717, 1.165) is 17.7 Å². The SMILES string of the molecule is CCCc1cc(C(=O)n2ccccc2=NC(C)C)sc1C. The first kappa shape index (κ1) is 15.7. The van der Waals surface area contributed by atoms with Crippen LogP contribution in [0, 0.1) is 6.92 Å². The maximum atomic E-state index is 12.7. The molecule has 2 aromatic heterocycles. The monoisotopic (exact) mass is 302 g/mol. The minimum atomic E-state index is 0.00505. The second kappa shape index (κ2) is 6.85. The minimum Gasteiger partial charge on any atom is -0.267 e. The van der Waals surface area contributed by atoms with E-state index in [1.807, 2.05) is 38.1 Å². The summed E-state index contributed by atoms with van der Waals surface area (Å²) in [4.78, 5) is 19.3. The predicted molar refractivity (Wildman–Crippen MR) is 87.9 cm³/mol. The average molecular weight is 302 g/mol. The molecule has 0 radical (unpaired) electrons. The lowest BCUT2D eigenvalue weighted by molar-refractivity contribution is 0.0958. The molecule has 0 N–H and O–H groups in total. The standard InChI is InChI=1S/C17H22N2OS/c1-5-8-14-11-15(21-13(14)4)17(20)19-10-7-6-9-16(19)18-12(2)3/h6-7,9-12H,5,8H2,1-4H3. The maximum Gasteiger partial charge on any atom is 0.273 e. The molecule has 0 atom stereocenters. The molecule has 0 spiro atoms. The van der Waals surface area contributed by atoms with E-state index in [-0.39, 0.29) is 11.9 Å². The fourth-order valence-corrected chi connectivity index (χ4v) is 3.25. The first-order valence-corrected chi connectivity index (χ1v) is 8.20. The van der Waals surface area contributed by atoms with Gasteiger partial charge in [-0.2, -0.15) is 0 Å². The molecule has 112 valence electrons. The number of carbonyl (C=O) groups excluding carboxylic acids is 1. The third kappa shape index (κ3) is 3.70. The summed E-state index contributed by atoms with van der Waals surface area (Å²) in [6.45, 7) is 8.26. The lowest BCUT2D eigenvalue weighted by atomic mass is 10.1. The number of thiophene rings is 1. The molecule has 0 aliphatic rings. The Bertz CT molecular complexity index is 695. The summed E-state index contributed by atoms with van der Waals surface area (Å²) >= 11 is 1.57. The minimum absolute atomic E-state index is 0.00505. The van der Waals surface area contributed by atoms with Crippen LogP contribution in [0.5, 0.6) is 0 Å². The highest BCUT2D eigenvalue weighted by Gasteiger charge is 2.14. The molecule has 0 fully saturated rings. The molecule has 0 amide bonds. The summed E-state index contributed by atoms with van der Waals surface area (Å²) in [5, 5.41) is 0. The number of hydrogen-bond donors (Lipinski definition) is 0. The topological polar surface area (TPSA) is 34.4 Å². The molecular weight excluding hydrogens is 280 g/mol. The van der Waals surface area contributed by atoms with Crippen LogP contribution in [0.1, 0.15) is 47.3 Å². The van der Waals surface area contributed by atoms with Crippen molar-refractivity contribution in [3.8, 4) is 0 Å². The molecule has 0 aliphatic carbocycles. The summed E-state index contributed by atoms with van der Waals surface area (Å²) in [5.74, 6) is 0.00505. The summed E-state index contributed by atoms with van der Waals surface area (Å²) in [5.41, 5.74) is 1.99. The molecule has 0 unspecified atom stereocenters. The Morgan fingerprint density at radius 2 is 2.14 bits per heavy atom. The van der Waals surface area contributed by atoms with Gasteiger partial charge in [0.05, 0.1) is 4.88 Å². The summed E-state index contributed by atoms with van der Waals surface area (Å²) in [6, 6.07) is 7.85. The molecule has 0 aliphatic heterocycles. The van der Waals surface area contributed by atoms with Gasteiger partial charge >= 0.3 is 0 Å². The quantitative estimate of drug-likeness (QED) is 0.845. The smallest absolute Gasteiger partial charge is 0.267 e. The molecule has 2 heterocycles. The Morgan fingerprint density at radius 3 is 2.81 bits per heavy atom. The van der Waals surface area contributed by atoms with Gasteiger partial charge in [0, 0.05) is 17.1 Å². The van der Waals surface area contributed by atoms with Gasteiger partial charge in [-0.1, -0.05) is 19.4 Å². The average Bonchev–Trinajstić information content (AvgIpc) is 2.80. The fourth-order valence-electron chi connectivity index (χ4n) is 2.24. The van der Waals surface area contributed by atoms with Crippen LogP contribution in [0.4, 0.5) is 0 Å². The van der Waals surface area contributed by atoms with Crippen molar-refractivity contribution >= 4 is 17.2 Å². The summed E-state index contributed by atoms with van der Waals surface area (Å²) in [7, 11) is 0. The Morgan fingerprint density at radius 1 is 1.38 bits per heavy atom. The lowest BCUT2D eigenvalue weighted by Crippen LogP contribution is -2.27. The zero-order chi connectivity index (χ0) is 15.4. The Hall–Kier alpha value is -1.68. The second-order valence-corrected chi connectivity index (χ2v) is 6.66. The van der Waals surface area contributed by atoms with Gasteiger partial charge in [0.1, 0.15) is 5.49 Å². The predicted octanol–water partition coefficient (Wildman–Crippen LogP) is 3.81. The summed E-state index contributed by atoms with van der Waals surface area (Å²) in [6.07, 6.45) is 3.91. The number of pyridine rings is 1. The van der Waals surface area contributed by atoms with E-state index in [0.29, 0.717) is 5.49 Å². The molecule has 0 saturated carbocycles. The van der Waals surface area contributed by atoms with Crippen molar-refractivity contribution in [1.82, 2.24) is 4.57 Å². The number of rotatable bonds is 4. The van der Waals surface area contributed by atoms with E-state index in [1.54, 1.807) is 22.1 Å². The van der Waals surface area contributed by atoms with Gasteiger partial charge in [-0.25, -0.2) is 0 Å². The van der Waals surface area contributed by atoms with Crippen molar-refractivity contribution in [1.29, 1.82) is 0 Å². The van der Waals surface area contributed by atoms with Crippen molar-refractivity contribution in [2.45, 2.75) is 46.6 Å². The number of hydrogen-bond acceptors (Lipinski definition) is 3. The van der Waals surface area contributed by atoms with Gasteiger partial charge in [-0.15, -0.1) is 11.3 Å². The van der Waals surface area contributed by atoms with Gasteiger partial charge in [-0.3, -0.25) is 14.4 Å². The Labute approximate surface area is 130 Å². The van der Waals surface area contributed by atoms with Crippen LogP contribution in [0.3, 0.4) is 0 Å². The molecular formula is C17H22N2OS. The first-order chi connectivity index (χ1) is 10.0. The maximum absolute atomic E-state index is 12.7. The molecule has 2 aromatic rings. The van der Waals surface area contributed by atoms with Crippen molar-refractivity contribution in [3.05, 3.63) is 51.3 Å². The van der Waals surface area contributed by atoms with E-state index in [1.165, 1.54) is 10.4 Å². The van der Waals surface area contributed by atoms with Crippen LogP contribution in [0.25, 0.3) is 0 Å². The van der Waals surface area contributed by atoms with Crippen LogP contribution < -0.4 is 5.49 Å². The Kier molecular flexibility index (Phi) is 5.12. The largest absolute Gasteiger partial charge is 0.273 e. The van der Waals surface area contributed by atoms with E-state index in [9.17, 15) is 4.79 Å². The third-order valence-electron chi connectivity index (χ3n) is 3.20. The Balaban J connectivity index is 2.43. The highest BCUT2D eigenvalue weighted by atomic mass is 32.1. The fraction of sp³-hybridized carbons (Fsp3) is 0.412. The van der Waals surface area contributed by atoms with Gasteiger partial charge in [0.15, 0.2) is 0 Å². The summed E-state index contributed by atoms with van der Waals surface area (Å²) < 4.78 is 1.64. The number of aromatic nitrogens is 1. The van der Waals surface area contributed by atoms with Gasteiger partial charge in [0.25, 0.3) is 5.91 Å². The highest BCUT2D eigenvalue weighted by Crippen LogP contribution is 2.23. The third-order valence-corrected chi connectivity index (χ3v) is 4.28. The van der Waals surface area contributed by atoms with Gasteiger partial charge < -0.3 is 0 Å². The number of nitrogens with zero attached hydrogens (tertiary/aromatic N) is 2. The van der Waals surface area contributed by atoms with Crippen molar-refractivity contribution in [2.75, 3.05) is 0 Å². The van der Waals surface area contributed by atoms with Gasteiger partial charge in [0.2, 0.25) is 0 Å². The van der Waals surface area contributed by atoms with Crippen LogP contribution in [0.2, 0.25) is 0 Å². The van der Waals surface area contributed by atoms with Gasteiger partial charge in [-0.05, 0) is 51.0 Å². The highest BCUT2D eigenvalue weighted by molar-refractivity contribution is 7.14. The lowest BCUT2D eigenvalue weighted by Gasteiger charge is -2.05. The normalized spacial score (nSPS) is 12.1. The van der Waals surface area contributed by atoms with Crippen LogP contribution in [0.15, 0.2) is 35.5 Å². The molecule has 4 heteroatoms. The van der Waals surface area contributed by atoms with E-state index in [2.05, 4.69) is 18.8 Å². The first-order valence-electron chi connectivity index (χ1n) is 7.38. The second-order valence-electron chi connectivity index (χ2n) is 5.40. The van der Waals surface area contributed by atoms with Crippen LogP contribution >= 0.6 is 11.3 Å². The zero-order valence-corrected chi connectivity index (χ0v) is 13.9. The van der Waals surface area contributed by atoms with Crippen LogP contribution in [-0.4, -0.2) is 16.5 Å². The molecule has 0 aromatic carbocycles. The number of aryl methyl sites for hydroxylation is 2. The van der Waals surface area contributed by atoms with Crippen LogP contribution in [-0.2, 0) is 6.42 Å².